The van der Waals surface area contributed by atoms with E-state index >= 15 is 0 Å². The minimum atomic E-state index is 0.621. The van der Waals surface area contributed by atoms with Gasteiger partial charge in [-0.25, -0.2) is 9.97 Å². The second-order valence-electron chi connectivity index (χ2n) is 4.29. The standard InChI is InChI=1S/C12H21BrN4/c1-5-9(2)17(4)7-6-14-12-8-11(13)15-10(3)16-12/h8-9H,5-7H2,1-4H3,(H,14,15,16). The number of aryl methyl sites for hydroxylation is 1. The molecule has 0 saturated heterocycles. The Balaban J connectivity index is 2.40. The fourth-order valence-corrected chi connectivity index (χ4v) is 1.99. The molecule has 1 N–H and O–H groups in total. The van der Waals surface area contributed by atoms with Gasteiger partial charge in [-0.1, -0.05) is 6.92 Å². The molecule has 1 rings (SSSR count). The molecule has 1 atom stereocenters. The molecule has 0 fully saturated rings. The summed E-state index contributed by atoms with van der Waals surface area (Å²) in [6, 6.07) is 2.52. The molecular weight excluding hydrogens is 280 g/mol. The molecule has 1 aromatic heterocycles. The van der Waals surface area contributed by atoms with Crippen LogP contribution in [0.2, 0.25) is 0 Å². The zero-order chi connectivity index (χ0) is 12.8. The lowest BCUT2D eigenvalue weighted by Gasteiger charge is -2.23. The molecule has 4 nitrogen and oxygen atoms in total. The van der Waals surface area contributed by atoms with Crippen molar-refractivity contribution >= 4 is 21.7 Å². The minimum absolute atomic E-state index is 0.621. The molecule has 0 saturated carbocycles. The van der Waals surface area contributed by atoms with Crippen molar-refractivity contribution in [3.63, 3.8) is 0 Å². The predicted molar refractivity (Wildman–Crippen MR) is 75.3 cm³/mol. The number of anilines is 1. The van der Waals surface area contributed by atoms with Crippen molar-refractivity contribution in [2.45, 2.75) is 33.2 Å². The molecular formula is C12H21BrN4. The van der Waals surface area contributed by atoms with Gasteiger partial charge in [0.15, 0.2) is 0 Å². The van der Waals surface area contributed by atoms with E-state index in [1.54, 1.807) is 0 Å². The third kappa shape index (κ3) is 5.00. The molecule has 96 valence electrons. The lowest BCUT2D eigenvalue weighted by atomic mass is 10.2. The molecule has 1 unspecified atom stereocenters. The van der Waals surface area contributed by atoms with Gasteiger partial charge < -0.3 is 10.2 Å². The topological polar surface area (TPSA) is 41.0 Å². The first kappa shape index (κ1) is 14.4. The molecule has 0 amide bonds. The summed E-state index contributed by atoms with van der Waals surface area (Å²) in [5.41, 5.74) is 0. The highest BCUT2D eigenvalue weighted by Crippen LogP contribution is 2.11. The molecule has 0 aliphatic carbocycles. The van der Waals surface area contributed by atoms with Crippen molar-refractivity contribution in [2.24, 2.45) is 0 Å². The number of hydrogen-bond acceptors (Lipinski definition) is 4. The van der Waals surface area contributed by atoms with E-state index in [0.717, 1.165) is 29.3 Å². The third-order valence-corrected chi connectivity index (χ3v) is 3.33. The lowest BCUT2D eigenvalue weighted by molar-refractivity contribution is 0.261. The van der Waals surface area contributed by atoms with Crippen molar-refractivity contribution < 1.29 is 0 Å². The van der Waals surface area contributed by atoms with E-state index in [1.165, 1.54) is 6.42 Å². The van der Waals surface area contributed by atoms with Gasteiger partial charge in [0.2, 0.25) is 0 Å². The van der Waals surface area contributed by atoms with Crippen LogP contribution in [0.3, 0.4) is 0 Å². The van der Waals surface area contributed by atoms with Crippen LogP contribution in [0.4, 0.5) is 5.82 Å². The summed E-state index contributed by atoms with van der Waals surface area (Å²) >= 11 is 3.37. The van der Waals surface area contributed by atoms with E-state index in [-0.39, 0.29) is 0 Å². The summed E-state index contributed by atoms with van der Waals surface area (Å²) in [7, 11) is 2.15. The van der Waals surface area contributed by atoms with Crippen LogP contribution in [0.15, 0.2) is 10.7 Å². The second kappa shape index (κ2) is 6.91. The number of nitrogens with zero attached hydrogens (tertiary/aromatic N) is 3. The maximum absolute atomic E-state index is 4.33. The molecule has 0 spiro atoms. The first-order chi connectivity index (χ1) is 8.02. The van der Waals surface area contributed by atoms with Crippen LogP contribution < -0.4 is 5.32 Å². The first-order valence-corrected chi connectivity index (χ1v) is 6.77. The number of nitrogens with one attached hydrogen (secondary N) is 1. The van der Waals surface area contributed by atoms with Gasteiger partial charge in [-0.15, -0.1) is 0 Å². The van der Waals surface area contributed by atoms with Crippen LogP contribution in [-0.2, 0) is 0 Å². The van der Waals surface area contributed by atoms with Gasteiger partial charge in [0.25, 0.3) is 0 Å². The molecule has 0 aromatic carbocycles. The molecule has 0 radical (unpaired) electrons. The summed E-state index contributed by atoms with van der Waals surface area (Å²) in [6.45, 7) is 8.24. The zero-order valence-electron chi connectivity index (χ0n) is 11.0. The lowest BCUT2D eigenvalue weighted by Crippen LogP contribution is -2.32. The molecule has 17 heavy (non-hydrogen) atoms. The van der Waals surface area contributed by atoms with Crippen LogP contribution >= 0.6 is 15.9 Å². The van der Waals surface area contributed by atoms with Crippen molar-refractivity contribution in [1.29, 1.82) is 0 Å². The van der Waals surface area contributed by atoms with Crippen LogP contribution in [0.5, 0.6) is 0 Å². The van der Waals surface area contributed by atoms with Crippen molar-refractivity contribution in [3.05, 3.63) is 16.5 Å². The largest absolute Gasteiger partial charge is 0.369 e. The van der Waals surface area contributed by atoms with Crippen LogP contribution in [0.25, 0.3) is 0 Å². The Bertz CT molecular complexity index is 336. The zero-order valence-corrected chi connectivity index (χ0v) is 12.6. The van der Waals surface area contributed by atoms with Crippen LogP contribution in [0.1, 0.15) is 26.1 Å². The van der Waals surface area contributed by atoms with Gasteiger partial charge in [0.1, 0.15) is 16.2 Å². The highest BCUT2D eigenvalue weighted by atomic mass is 79.9. The fourth-order valence-electron chi connectivity index (χ4n) is 1.51. The van der Waals surface area contributed by atoms with E-state index in [0.29, 0.717) is 6.04 Å². The summed E-state index contributed by atoms with van der Waals surface area (Å²) in [5, 5.41) is 3.31. The van der Waals surface area contributed by atoms with Gasteiger partial charge in [-0.05, 0) is 43.2 Å². The highest BCUT2D eigenvalue weighted by Gasteiger charge is 2.06. The molecule has 1 heterocycles. The Kier molecular flexibility index (Phi) is 5.85. The Hall–Kier alpha value is -0.680. The van der Waals surface area contributed by atoms with E-state index in [4.69, 9.17) is 0 Å². The maximum atomic E-state index is 4.33. The predicted octanol–water partition coefficient (Wildman–Crippen LogP) is 2.69. The summed E-state index contributed by atoms with van der Waals surface area (Å²) in [4.78, 5) is 10.8. The first-order valence-electron chi connectivity index (χ1n) is 5.98. The van der Waals surface area contributed by atoms with Crippen molar-refractivity contribution in [1.82, 2.24) is 14.9 Å². The number of aromatic nitrogens is 2. The van der Waals surface area contributed by atoms with Crippen LogP contribution in [-0.4, -0.2) is 41.0 Å². The van der Waals surface area contributed by atoms with Gasteiger partial charge in [-0.2, -0.15) is 0 Å². The average molecular weight is 301 g/mol. The minimum Gasteiger partial charge on any atom is -0.369 e. The van der Waals surface area contributed by atoms with Gasteiger partial charge in [0, 0.05) is 25.2 Å². The van der Waals surface area contributed by atoms with Crippen molar-refractivity contribution in [3.8, 4) is 0 Å². The third-order valence-electron chi connectivity index (χ3n) is 2.92. The number of rotatable bonds is 6. The van der Waals surface area contributed by atoms with Crippen LogP contribution in [0, 0.1) is 6.92 Å². The summed E-state index contributed by atoms with van der Waals surface area (Å²) in [5.74, 6) is 1.65. The number of halogens is 1. The quantitative estimate of drug-likeness (QED) is 0.820. The number of likely N-dealkylation sites (N-methyl/N-ethyl adjacent to an activating group) is 1. The van der Waals surface area contributed by atoms with E-state index in [1.807, 2.05) is 13.0 Å². The van der Waals surface area contributed by atoms with Gasteiger partial charge >= 0.3 is 0 Å². The Labute approximate surface area is 112 Å². The smallest absolute Gasteiger partial charge is 0.130 e. The highest BCUT2D eigenvalue weighted by molar-refractivity contribution is 9.10. The molecule has 5 heteroatoms. The second-order valence-corrected chi connectivity index (χ2v) is 5.10. The Morgan fingerprint density at radius 3 is 2.76 bits per heavy atom. The van der Waals surface area contributed by atoms with Gasteiger partial charge in [0.05, 0.1) is 0 Å². The molecule has 0 bridgehead atoms. The van der Waals surface area contributed by atoms with Crippen molar-refractivity contribution in [2.75, 3.05) is 25.5 Å². The maximum Gasteiger partial charge on any atom is 0.130 e. The summed E-state index contributed by atoms with van der Waals surface area (Å²) in [6.07, 6.45) is 1.18. The number of hydrogen-bond donors (Lipinski definition) is 1. The normalized spacial score (nSPS) is 12.8. The molecule has 0 aliphatic rings. The summed E-state index contributed by atoms with van der Waals surface area (Å²) < 4.78 is 0.822. The molecule has 1 aromatic rings. The molecule has 0 aliphatic heterocycles. The Morgan fingerprint density at radius 2 is 2.18 bits per heavy atom. The van der Waals surface area contributed by atoms with E-state index in [2.05, 4.69) is 57.0 Å². The average Bonchev–Trinajstić information content (AvgIpc) is 2.26. The monoisotopic (exact) mass is 300 g/mol. The fraction of sp³-hybridized carbons (Fsp3) is 0.667. The van der Waals surface area contributed by atoms with Gasteiger partial charge in [-0.3, -0.25) is 0 Å². The SMILES string of the molecule is CCC(C)N(C)CCNc1cc(Br)nc(C)n1. The van der Waals surface area contributed by atoms with E-state index in [9.17, 15) is 0 Å². The Morgan fingerprint density at radius 1 is 1.47 bits per heavy atom. The van der Waals surface area contributed by atoms with E-state index < -0.39 is 0 Å².